The average Bonchev–Trinajstić information content (AvgIpc) is 2.49. The van der Waals surface area contributed by atoms with Crippen LogP contribution in [0.3, 0.4) is 0 Å². The van der Waals surface area contributed by atoms with E-state index in [9.17, 15) is 4.79 Å². The summed E-state index contributed by atoms with van der Waals surface area (Å²) < 4.78 is 16.2. The van der Waals surface area contributed by atoms with Gasteiger partial charge in [-0.25, -0.2) is 0 Å². The molecule has 0 spiro atoms. The fourth-order valence-electron chi connectivity index (χ4n) is 2.02. The second kappa shape index (κ2) is 6.79. The maximum absolute atomic E-state index is 9.59. The molecule has 2 rings (SSSR count). The third-order valence-corrected chi connectivity index (χ3v) is 3.01. The molecule has 0 aromatic heterocycles. The van der Waals surface area contributed by atoms with Crippen molar-refractivity contribution in [2.24, 2.45) is 0 Å². The number of methoxy groups -OCH3 is 2. The van der Waals surface area contributed by atoms with Crippen molar-refractivity contribution in [1.29, 1.82) is 0 Å². The lowest BCUT2D eigenvalue weighted by Crippen LogP contribution is -2.11. The Morgan fingerprint density at radius 2 is 1.76 bits per heavy atom. The van der Waals surface area contributed by atoms with Crippen molar-refractivity contribution in [3.8, 4) is 11.5 Å². The fourth-order valence-corrected chi connectivity index (χ4v) is 2.02. The second-order valence-corrected chi connectivity index (χ2v) is 4.57. The Morgan fingerprint density at radius 3 is 2.43 bits per heavy atom. The van der Waals surface area contributed by atoms with Crippen molar-refractivity contribution in [3.63, 3.8) is 0 Å². The third kappa shape index (κ3) is 3.75. The maximum atomic E-state index is 9.59. The van der Waals surface area contributed by atoms with Crippen LogP contribution in [0.2, 0.25) is 0 Å². The highest BCUT2D eigenvalue weighted by atomic mass is 16.5. The first-order valence-electron chi connectivity index (χ1n) is 6.65. The van der Waals surface area contributed by atoms with Crippen LogP contribution in [0, 0.1) is 0 Å². The van der Waals surface area contributed by atoms with Gasteiger partial charge in [0.1, 0.15) is 6.10 Å². The van der Waals surface area contributed by atoms with Crippen LogP contribution < -0.4 is 9.47 Å². The van der Waals surface area contributed by atoms with E-state index < -0.39 is 0 Å². The quantitative estimate of drug-likeness (QED) is 0.782. The summed E-state index contributed by atoms with van der Waals surface area (Å²) in [7, 11) is 3.13. The Morgan fingerprint density at radius 1 is 1.05 bits per heavy atom. The van der Waals surface area contributed by atoms with Gasteiger partial charge in [0, 0.05) is 6.08 Å². The molecule has 1 aliphatic rings. The molecule has 0 bridgehead atoms. The maximum Gasteiger partial charge on any atom is 0.381 e. The lowest BCUT2D eigenvalue weighted by molar-refractivity contribution is 0.254. The molecule has 0 aliphatic heterocycles. The predicted molar refractivity (Wildman–Crippen MR) is 82.3 cm³/mol. The van der Waals surface area contributed by atoms with Crippen molar-refractivity contribution in [2.45, 2.75) is 13.0 Å². The molecular weight excluding hydrogens is 268 g/mol. The van der Waals surface area contributed by atoms with Crippen LogP contribution in [0.5, 0.6) is 11.5 Å². The summed E-state index contributed by atoms with van der Waals surface area (Å²) in [5.74, 6) is 1.94. The number of allylic oxidation sites excluding steroid dienone is 4. The van der Waals surface area contributed by atoms with Crippen molar-refractivity contribution in [3.05, 3.63) is 59.9 Å². The van der Waals surface area contributed by atoms with E-state index in [4.69, 9.17) is 14.2 Å². The van der Waals surface area contributed by atoms with Gasteiger partial charge in [-0.15, -0.1) is 0 Å². The normalized spacial score (nSPS) is 17.4. The first-order valence-corrected chi connectivity index (χ1v) is 6.65. The molecule has 110 valence electrons. The molecular formula is C17H19O4+. The number of hydrogen-bond donors (Lipinski definition) is 0. The predicted octanol–water partition coefficient (Wildman–Crippen LogP) is 3.03. The van der Waals surface area contributed by atoms with Crippen LogP contribution in [0.15, 0.2) is 59.9 Å². The molecule has 1 aromatic rings. The first-order chi connectivity index (χ1) is 10.1. The van der Waals surface area contributed by atoms with Gasteiger partial charge >= 0.3 is 5.78 Å². The van der Waals surface area contributed by atoms with Crippen LogP contribution in [0.4, 0.5) is 0 Å². The summed E-state index contributed by atoms with van der Waals surface area (Å²) in [5.41, 5.74) is 0.909. The standard InChI is InChI=1S/C17H18O4/c1-12(21-16-7-5-4-6-15(16)19-2)10-13-8-9-14(18)17(11-13)20-3/h4-12H,1-3H3/p+1. The van der Waals surface area contributed by atoms with Gasteiger partial charge in [0.05, 0.1) is 14.2 Å². The number of carbonyl (C=O) groups excluding carboxylic acids is 1. The van der Waals surface area contributed by atoms with E-state index in [1.54, 1.807) is 25.3 Å². The molecule has 21 heavy (non-hydrogen) atoms. The molecule has 1 unspecified atom stereocenters. The molecule has 0 saturated carbocycles. The van der Waals surface area contributed by atoms with E-state index >= 15 is 0 Å². The highest BCUT2D eigenvalue weighted by Gasteiger charge is 2.18. The Labute approximate surface area is 124 Å². The molecule has 4 heteroatoms. The van der Waals surface area contributed by atoms with Gasteiger partial charge in [0.15, 0.2) is 11.5 Å². The number of hydrogen-bond acceptors (Lipinski definition) is 3. The minimum absolute atomic E-state index is 0.118. The fraction of sp³-hybridized carbons (Fsp3) is 0.235. The van der Waals surface area contributed by atoms with E-state index in [1.165, 1.54) is 7.11 Å². The van der Waals surface area contributed by atoms with Gasteiger partial charge in [-0.3, -0.25) is 4.79 Å². The summed E-state index contributed by atoms with van der Waals surface area (Å²) >= 11 is 0. The molecule has 0 amide bonds. The van der Waals surface area contributed by atoms with Crippen LogP contribution in [0.25, 0.3) is 0 Å². The number of ketones is 1. The zero-order valence-electron chi connectivity index (χ0n) is 12.4. The monoisotopic (exact) mass is 287 g/mol. The minimum Gasteiger partial charge on any atom is -0.493 e. The molecule has 0 radical (unpaired) electrons. The Hall–Kier alpha value is -2.49. The van der Waals surface area contributed by atoms with Crippen molar-refractivity contribution < 1.29 is 19.0 Å². The van der Waals surface area contributed by atoms with Crippen LogP contribution >= 0.6 is 0 Å². The van der Waals surface area contributed by atoms with Crippen LogP contribution in [-0.2, 0) is 4.74 Å². The third-order valence-electron chi connectivity index (χ3n) is 3.01. The largest absolute Gasteiger partial charge is 0.493 e. The van der Waals surface area contributed by atoms with Crippen LogP contribution in [-0.4, -0.2) is 30.9 Å². The second-order valence-electron chi connectivity index (χ2n) is 4.57. The average molecular weight is 287 g/mol. The van der Waals surface area contributed by atoms with Crippen molar-refractivity contribution in [2.75, 3.05) is 14.2 Å². The van der Waals surface area contributed by atoms with Crippen LogP contribution in [0.1, 0.15) is 6.92 Å². The van der Waals surface area contributed by atoms with Crippen molar-refractivity contribution in [1.82, 2.24) is 0 Å². The highest BCUT2D eigenvalue weighted by molar-refractivity contribution is 6.05. The van der Waals surface area contributed by atoms with E-state index in [0.717, 1.165) is 5.57 Å². The Bertz CT molecular complexity index is 611. The summed E-state index contributed by atoms with van der Waals surface area (Å²) in [5, 5.41) is 0. The number of rotatable bonds is 5. The summed E-state index contributed by atoms with van der Waals surface area (Å²) in [6.07, 6.45) is 6.95. The summed E-state index contributed by atoms with van der Waals surface area (Å²) in [6, 6.07) is 7.51. The number of para-hydroxylation sites is 2. The number of ether oxygens (including phenoxy) is 3. The van der Waals surface area contributed by atoms with Gasteiger partial charge in [0.25, 0.3) is 0 Å². The molecule has 1 aromatic carbocycles. The van der Waals surface area contributed by atoms with Gasteiger partial charge in [0.2, 0.25) is 5.76 Å². The lowest BCUT2D eigenvalue weighted by Gasteiger charge is -2.15. The molecule has 1 N–H and O–H groups in total. The summed E-state index contributed by atoms with van der Waals surface area (Å²) in [4.78, 5) is 9.59. The molecule has 0 saturated heterocycles. The van der Waals surface area contributed by atoms with E-state index in [-0.39, 0.29) is 11.9 Å². The zero-order valence-corrected chi connectivity index (χ0v) is 12.4. The van der Waals surface area contributed by atoms with Crippen molar-refractivity contribution >= 4 is 5.78 Å². The topological polar surface area (TPSA) is 49.1 Å². The van der Waals surface area contributed by atoms with E-state index in [1.807, 2.05) is 37.3 Å². The number of benzene rings is 1. The van der Waals surface area contributed by atoms with E-state index in [2.05, 4.69) is 0 Å². The first kappa shape index (κ1) is 14.9. The minimum atomic E-state index is -0.157. The Kier molecular flexibility index (Phi) is 4.82. The highest BCUT2D eigenvalue weighted by Crippen LogP contribution is 2.27. The van der Waals surface area contributed by atoms with Gasteiger partial charge < -0.3 is 14.2 Å². The molecule has 0 heterocycles. The molecule has 4 nitrogen and oxygen atoms in total. The lowest BCUT2D eigenvalue weighted by atomic mass is 10.1. The summed E-state index contributed by atoms with van der Waals surface area (Å²) in [6.45, 7) is 1.94. The smallest absolute Gasteiger partial charge is 0.381 e. The SMILES string of the molecule is COC1=CC(=CC(C)Oc2ccccc2OC)C=CC1=[OH+]. The molecule has 1 aliphatic carbocycles. The Balaban J connectivity index is 2.13. The molecule has 0 fully saturated rings. The van der Waals surface area contributed by atoms with Gasteiger partial charge in [-0.2, -0.15) is 0 Å². The van der Waals surface area contributed by atoms with Gasteiger partial charge in [-0.1, -0.05) is 12.1 Å². The van der Waals surface area contributed by atoms with E-state index in [0.29, 0.717) is 17.3 Å². The zero-order chi connectivity index (χ0) is 15.2. The molecule has 1 atom stereocenters. The van der Waals surface area contributed by atoms with Gasteiger partial charge in [-0.05, 0) is 42.9 Å².